The van der Waals surface area contributed by atoms with Gasteiger partial charge >= 0.3 is 6.09 Å². The van der Waals surface area contributed by atoms with Gasteiger partial charge in [0.1, 0.15) is 36.0 Å². The molecule has 0 spiro atoms. The first-order valence-corrected chi connectivity index (χ1v) is 15.3. The number of piperidine rings is 1. The van der Waals surface area contributed by atoms with Crippen LogP contribution in [0.2, 0.25) is 0 Å². The van der Waals surface area contributed by atoms with Crippen molar-refractivity contribution >= 4 is 23.6 Å². The number of aliphatic hydroxyl groups excluding tert-OH is 1. The highest BCUT2D eigenvalue weighted by molar-refractivity contribution is 5.80. The van der Waals surface area contributed by atoms with Crippen molar-refractivity contribution in [3.05, 3.63) is 59.9 Å². The molecule has 12 nitrogen and oxygen atoms in total. The average molecular weight is 632 g/mol. The Morgan fingerprint density at radius 1 is 1.13 bits per heavy atom. The third-order valence-electron chi connectivity index (χ3n) is 7.79. The maximum absolute atomic E-state index is 14.9. The predicted octanol–water partition coefficient (Wildman–Crippen LogP) is 4.92. The van der Waals surface area contributed by atoms with Gasteiger partial charge in [-0.3, -0.25) is 4.79 Å². The van der Waals surface area contributed by atoms with Gasteiger partial charge in [-0.25, -0.2) is 19.2 Å². The summed E-state index contributed by atoms with van der Waals surface area (Å²) in [6.07, 6.45) is -0.486. The zero-order chi connectivity index (χ0) is 33.0. The summed E-state index contributed by atoms with van der Waals surface area (Å²) in [5.74, 6) is 0.312. The van der Waals surface area contributed by atoms with E-state index in [2.05, 4.69) is 26.3 Å². The molecule has 4 atom stereocenters. The summed E-state index contributed by atoms with van der Waals surface area (Å²) in [4.78, 5) is 40.8. The molecule has 2 aliphatic rings. The van der Waals surface area contributed by atoms with Crippen LogP contribution in [0, 0.1) is 11.3 Å². The van der Waals surface area contributed by atoms with Gasteiger partial charge in [-0.1, -0.05) is 12.1 Å². The summed E-state index contributed by atoms with van der Waals surface area (Å²) in [5.41, 5.74) is 1.92. The van der Waals surface area contributed by atoms with E-state index < -0.39 is 29.9 Å². The Bertz CT molecular complexity index is 1610. The van der Waals surface area contributed by atoms with Gasteiger partial charge in [0.2, 0.25) is 5.95 Å². The van der Waals surface area contributed by atoms with Gasteiger partial charge < -0.3 is 29.7 Å². The van der Waals surface area contributed by atoms with Gasteiger partial charge in [-0.2, -0.15) is 10.2 Å². The maximum Gasteiger partial charge on any atom is 0.410 e. The van der Waals surface area contributed by atoms with Gasteiger partial charge in [0.15, 0.2) is 12.0 Å². The summed E-state index contributed by atoms with van der Waals surface area (Å²) in [7, 11) is 0. The maximum atomic E-state index is 14.9. The van der Waals surface area contributed by atoms with Gasteiger partial charge in [0.05, 0.1) is 18.2 Å². The van der Waals surface area contributed by atoms with Crippen LogP contribution >= 0.6 is 0 Å². The number of likely N-dealkylation sites (tertiary alicyclic amines) is 2. The van der Waals surface area contributed by atoms with Crippen LogP contribution in [0.1, 0.15) is 64.1 Å². The van der Waals surface area contributed by atoms with Gasteiger partial charge in [0, 0.05) is 30.8 Å². The fraction of sp³-hybridized carbons (Fsp3) is 0.455. The van der Waals surface area contributed by atoms with Crippen LogP contribution in [0.5, 0.6) is 5.75 Å². The topological polar surface area (TPSA) is 154 Å². The Kier molecular flexibility index (Phi) is 9.67. The summed E-state index contributed by atoms with van der Waals surface area (Å²) in [6.45, 7) is 7.62. The molecular weight excluding hydrogens is 593 g/mol. The number of rotatable bonds is 7. The molecule has 2 fully saturated rings. The van der Waals surface area contributed by atoms with Crippen LogP contribution in [-0.4, -0.2) is 85.5 Å². The fourth-order valence-electron chi connectivity index (χ4n) is 5.57. The molecule has 2 amide bonds. The van der Waals surface area contributed by atoms with Crippen molar-refractivity contribution < 1.29 is 28.6 Å². The zero-order valence-corrected chi connectivity index (χ0v) is 26.3. The summed E-state index contributed by atoms with van der Waals surface area (Å²) in [5, 5.41) is 22.5. The first-order valence-electron chi connectivity index (χ1n) is 15.3. The Labute approximate surface area is 267 Å². The van der Waals surface area contributed by atoms with Crippen molar-refractivity contribution in [2.75, 3.05) is 25.0 Å². The van der Waals surface area contributed by atoms with Crippen LogP contribution in [0.25, 0.3) is 11.4 Å². The number of nitrogens with zero attached hydrogens (tertiary/aromatic N) is 6. The number of halogens is 1. The number of nitriles is 1. The molecule has 0 bridgehead atoms. The first-order chi connectivity index (χ1) is 21.9. The molecule has 2 N–H and O–H groups in total. The largest absolute Gasteiger partial charge is 0.486 e. The highest BCUT2D eigenvalue weighted by Gasteiger charge is 2.35. The van der Waals surface area contributed by atoms with Crippen LogP contribution in [0.15, 0.2) is 48.8 Å². The monoisotopic (exact) mass is 631 g/mol. The Morgan fingerprint density at radius 2 is 1.89 bits per heavy atom. The number of aromatic nitrogens is 3. The number of hydrogen-bond acceptors (Lipinski definition) is 10. The van der Waals surface area contributed by atoms with Gasteiger partial charge in [-0.15, -0.1) is 0 Å². The third-order valence-corrected chi connectivity index (χ3v) is 7.79. The number of anilines is 2. The lowest BCUT2D eigenvalue weighted by atomic mass is 10.0. The minimum atomic E-state index is -1.48. The first kappa shape index (κ1) is 32.6. The lowest BCUT2D eigenvalue weighted by molar-refractivity contribution is -0.143. The number of carbonyl (C=O) groups is 2. The molecule has 46 heavy (non-hydrogen) atoms. The van der Waals surface area contributed by atoms with E-state index in [1.807, 2.05) is 45.0 Å². The number of aliphatic hydroxyl groups is 1. The number of carbonyl (C=O) groups excluding carboxylic acids is 2. The van der Waals surface area contributed by atoms with E-state index in [4.69, 9.17) is 9.47 Å². The second-order valence-electron chi connectivity index (χ2n) is 12.5. The second-order valence-corrected chi connectivity index (χ2v) is 12.5. The number of nitrogens with one attached hydrogen (secondary N) is 1. The normalized spacial score (nSPS) is 20.5. The fourth-order valence-corrected chi connectivity index (χ4v) is 5.57. The van der Waals surface area contributed by atoms with Crippen molar-refractivity contribution in [3.63, 3.8) is 0 Å². The zero-order valence-electron chi connectivity index (χ0n) is 26.3. The molecule has 1 unspecified atom stereocenters. The van der Waals surface area contributed by atoms with Crippen LogP contribution < -0.4 is 10.1 Å². The van der Waals surface area contributed by atoms with Crippen molar-refractivity contribution in [2.24, 2.45) is 0 Å². The molecule has 5 rings (SSSR count). The molecule has 13 heteroatoms. The Balaban J connectivity index is 1.24. The lowest BCUT2D eigenvalue weighted by Gasteiger charge is -2.35. The molecule has 0 saturated carbocycles. The van der Waals surface area contributed by atoms with Gasteiger partial charge in [0.25, 0.3) is 5.91 Å². The molecule has 2 aliphatic heterocycles. The van der Waals surface area contributed by atoms with Crippen molar-refractivity contribution in [3.8, 4) is 23.2 Å². The molecular formula is C33H38FN7O5. The molecule has 3 aromatic rings. The molecule has 3 heterocycles. The predicted molar refractivity (Wildman–Crippen MR) is 167 cm³/mol. The summed E-state index contributed by atoms with van der Waals surface area (Å²) < 4.78 is 26.3. The van der Waals surface area contributed by atoms with E-state index in [0.717, 1.165) is 24.1 Å². The molecule has 1 aromatic heterocycles. The smallest absolute Gasteiger partial charge is 0.410 e. The second kappa shape index (κ2) is 13.7. The highest BCUT2D eigenvalue weighted by atomic mass is 19.1. The molecule has 0 aliphatic carbocycles. The minimum absolute atomic E-state index is 0.0585. The average Bonchev–Trinajstić information content (AvgIpc) is 3.52. The highest BCUT2D eigenvalue weighted by Crippen LogP contribution is 2.34. The summed E-state index contributed by atoms with van der Waals surface area (Å²) in [6, 6.07) is 14.6. The van der Waals surface area contributed by atoms with Crippen molar-refractivity contribution in [1.29, 1.82) is 5.26 Å². The van der Waals surface area contributed by atoms with Crippen molar-refractivity contribution in [1.82, 2.24) is 24.8 Å². The molecule has 2 saturated heterocycles. The van der Waals surface area contributed by atoms with Crippen LogP contribution in [-0.2, 0) is 9.53 Å². The standard InChI is InChI=1S/C33H38FN7O5/c1-20(42)30(43)40-15-13-28(25(34)18-40)45-27-12-9-22(16-23(27)17-35)29-36-19-37-31(39-29)38-24-10-7-21(8-11-24)26-6-5-14-41(26)32(44)46-33(2,3)4/h7-12,16,19-20,25-26,28,42H,5-6,13-15,18H2,1-4H3,(H,36,37,38,39)/t20-,25+,26?,28-/m0/s1. The molecule has 2 aromatic carbocycles. The van der Waals surface area contributed by atoms with E-state index in [-0.39, 0.29) is 43.0 Å². The molecule has 242 valence electrons. The quantitative estimate of drug-likeness (QED) is 0.367. The number of benzene rings is 2. The minimum Gasteiger partial charge on any atom is -0.486 e. The Hall–Kier alpha value is -4.83. The van der Waals surface area contributed by atoms with E-state index in [9.17, 15) is 24.3 Å². The molecule has 0 radical (unpaired) electrons. The van der Waals surface area contributed by atoms with E-state index in [1.54, 1.807) is 23.1 Å². The van der Waals surface area contributed by atoms with E-state index in [1.165, 1.54) is 18.2 Å². The van der Waals surface area contributed by atoms with Crippen LogP contribution in [0.3, 0.4) is 0 Å². The van der Waals surface area contributed by atoms with Crippen molar-refractivity contribution in [2.45, 2.75) is 77.0 Å². The number of hydrogen-bond donors (Lipinski definition) is 2. The Morgan fingerprint density at radius 3 is 2.57 bits per heavy atom. The van der Waals surface area contributed by atoms with Gasteiger partial charge in [-0.05, 0) is 76.4 Å². The van der Waals surface area contributed by atoms with E-state index in [0.29, 0.717) is 23.9 Å². The van der Waals surface area contributed by atoms with Crippen LogP contribution in [0.4, 0.5) is 20.8 Å². The van der Waals surface area contributed by atoms with E-state index >= 15 is 0 Å². The number of amides is 2. The summed E-state index contributed by atoms with van der Waals surface area (Å²) >= 11 is 0. The lowest BCUT2D eigenvalue weighted by Crippen LogP contribution is -2.51. The number of ether oxygens (including phenoxy) is 2. The SMILES string of the molecule is C[C@H](O)C(=O)N1CC[C@H](Oc2ccc(-c3ncnc(Nc4ccc(C5CCCN5C(=O)OC(C)(C)C)cc4)n3)cc2C#N)[C@H](F)C1. The third kappa shape index (κ3) is 7.69. The number of alkyl halides is 1.